The van der Waals surface area contributed by atoms with Crippen molar-refractivity contribution in [2.24, 2.45) is 5.92 Å². The fraction of sp³-hybridized carbons (Fsp3) is 0.615. The van der Waals surface area contributed by atoms with Crippen molar-refractivity contribution in [2.45, 2.75) is 37.6 Å². The van der Waals surface area contributed by atoms with E-state index in [1.165, 1.54) is 6.08 Å². The van der Waals surface area contributed by atoms with Gasteiger partial charge in [0.05, 0.1) is 5.54 Å². The number of allylic oxidation sites excluding steroid dienone is 3. The zero-order valence-corrected chi connectivity index (χ0v) is 9.63. The van der Waals surface area contributed by atoms with E-state index in [4.69, 9.17) is 0 Å². The lowest BCUT2D eigenvalue weighted by atomic mass is 9.69. The minimum Gasteiger partial charge on any atom is -0.308 e. The van der Waals surface area contributed by atoms with E-state index in [0.29, 0.717) is 12.8 Å². The van der Waals surface area contributed by atoms with E-state index in [1.54, 1.807) is 6.08 Å². The summed E-state index contributed by atoms with van der Waals surface area (Å²) in [6, 6.07) is 0. The largest absolute Gasteiger partial charge is 0.308 e. The van der Waals surface area contributed by atoms with Crippen LogP contribution in [0.3, 0.4) is 0 Å². The number of Topliss-reactive ketones (excluding diaryl/α,β-unsaturated/α-hetero) is 1. The van der Waals surface area contributed by atoms with Crippen LogP contribution in [0.15, 0.2) is 24.1 Å². The van der Waals surface area contributed by atoms with E-state index in [0.717, 1.165) is 19.3 Å². The Kier molecular flexibility index (Phi) is 3.24. The molecule has 0 spiro atoms. The third kappa shape index (κ3) is 1.84. The standard InChI is InChI=1S/C13H18FNO/c1-15-13(9-3-2-4-12(13)16)10-5-7-11(14)8-6-10/h5,7-8,10,15H,2-4,6,9H2,1H3/t10?,13-/m0/s1. The Bertz CT molecular complexity index is 348. The number of halogens is 1. The predicted octanol–water partition coefficient (Wildman–Crippen LogP) is 2.52. The summed E-state index contributed by atoms with van der Waals surface area (Å²) in [6.45, 7) is 0. The highest BCUT2D eigenvalue weighted by atomic mass is 19.1. The average molecular weight is 223 g/mol. The van der Waals surface area contributed by atoms with Gasteiger partial charge in [-0.1, -0.05) is 12.5 Å². The molecule has 2 aliphatic rings. The third-order valence-corrected chi connectivity index (χ3v) is 3.86. The van der Waals surface area contributed by atoms with Crippen LogP contribution in [0.1, 0.15) is 32.1 Å². The lowest BCUT2D eigenvalue weighted by Gasteiger charge is -2.41. The van der Waals surface area contributed by atoms with E-state index in [9.17, 15) is 9.18 Å². The summed E-state index contributed by atoms with van der Waals surface area (Å²) in [5, 5.41) is 3.20. The van der Waals surface area contributed by atoms with Crippen molar-refractivity contribution in [3.05, 3.63) is 24.1 Å². The summed E-state index contributed by atoms with van der Waals surface area (Å²) in [4.78, 5) is 12.1. The molecule has 2 atom stereocenters. The normalized spacial score (nSPS) is 35.0. The van der Waals surface area contributed by atoms with Crippen LogP contribution in [0, 0.1) is 5.92 Å². The molecule has 3 heteroatoms. The van der Waals surface area contributed by atoms with E-state index in [2.05, 4.69) is 5.32 Å². The van der Waals surface area contributed by atoms with Gasteiger partial charge in [-0.15, -0.1) is 0 Å². The first-order valence-electron chi connectivity index (χ1n) is 5.95. The molecule has 0 amide bonds. The number of carbonyl (C=O) groups excluding carboxylic acids is 1. The minimum atomic E-state index is -0.452. The summed E-state index contributed by atoms with van der Waals surface area (Å²) in [5.74, 6) is 0.196. The third-order valence-electron chi connectivity index (χ3n) is 3.86. The lowest BCUT2D eigenvalue weighted by molar-refractivity contribution is -0.129. The second kappa shape index (κ2) is 4.50. The van der Waals surface area contributed by atoms with Crippen LogP contribution in [-0.2, 0) is 4.79 Å². The minimum absolute atomic E-state index is 0.102. The molecule has 88 valence electrons. The van der Waals surface area contributed by atoms with E-state index in [-0.39, 0.29) is 17.5 Å². The van der Waals surface area contributed by atoms with Crippen molar-refractivity contribution >= 4 is 5.78 Å². The highest BCUT2D eigenvalue weighted by Gasteiger charge is 2.43. The molecule has 2 aliphatic carbocycles. The monoisotopic (exact) mass is 223 g/mol. The summed E-state index contributed by atoms with van der Waals surface area (Å²) < 4.78 is 12.9. The number of hydrogen-bond donors (Lipinski definition) is 1. The summed E-state index contributed by atoms with van der Waals surface area (Å²) in [5.41, 5.74) is -0.452. The number of likely N-dealkylation sites (N-methyl/N-ethyl adjacent to an activating group) is 1. The maximum atomic E-state index is 12.9. The van der Waals surface area contributed by atoms with Gasteiger partial charge in [0.2, 0.25) is 0 Å². The molecular weight excluding hydrogens is 205 g/mol. The smallest absolute Gasteiger partial charge is 0.153 e. The van der Waals surface area contributed by atoms with Gasteiger partial charge in [0.25, 0.3) is 0 Å². The molecule has 1 unspecified atom stereocenters. The number of rotatable bonds is 2. The quantitative estimate of drug-likeness (QED) is 0.779. The Morgan fingerprint density at radius 2 is 2.31 bits per heavy atom. The van der Waals surface area contributed by atoms with Gasteiger partial charge in [-0.25, -0.2) is 4.39 Å². The van der Waals surface area contributed by atoms with Crippen molar-refractivity contribution in [3.8, 4) is 0 Å². The molecule has 16 heavy (non-hydrogen) atoms. The molecule has 1 fully saturated rings. The molecule has 1 saturated carbocycles. The number of nitrogens with one attached hydrogen (secondary N) is 1. The Balaban J connectivity index is 2.21. The van der Waals surface area contributed by atoms with Gasteiger partial charge in [-0.2, -0.15) is 0 Å². The molecule has 0 aromatic rings. The molecule has 1 N–H and O–H groups in total. The summed E-state index contributed by atoms with van der Waals surface area (Å²) in [7, 11) is 1.84. The Morgan fingerprint density at radius 3 is 2.88 bits per heavy atom. The fourth-order valence-electron chi connectivity index (χ4n) is 2.85. The van der Waals surface area contributed by atoms with Crippen molar-refractivity contribution in [2.75, 3.05) is 7.05 Å². The Hall–Kier alpha value is -0.960. The Labute approximate surface area is 95.6 Å². The number of ketones is 1. The molecular formula is C13H18FNO. The van der Waals surface area contributed by atoms with Gasteiger partial charge >= 0.3 is 0 Å². The fourth-order valence-corrected chi connectivity index (χ4v) is 2.85. The molecule has 0 saturated heterocycles. The molecule has 0 aromatic carbocycles. The van der Waals surface area contributed by atoms with Gasteiger partial charge in [0, 0.05) is 12.3 Å². The average Bonchev–Trinajstić information content (AvgIpc) is 2.31. The SMILES string of the molecule is CN[C@]1(C2C=CC(F)=CC2)CCCCC1=O. The van der Waals surface area contributed by atoms with E-state index < -0.39 is 5.54 Å². The highest BCUT2D eigenvalue weighted by molar-refractivity contribution is 5.89. The van der Waals surface area contributed by atoms with Gasteiger partial charge < -0.3 is 5.32 Å². The lowest BCUT2D eigenvalue weighted by Crippen LogP contribution is -2.57. The molecule has 0 heterocycles. The maximum Gasteiger partial charge on any atom is 0.153 e. The number of hydrogen-bond acceptors (Lipinski definition) is 2. The molecule has 2 nitrogen and oxygen atoms in total. The van der Waals surface area contributed by atoms with Crippen LogP contribution >= 0.6 is 0 Å². The van der Waals surface area contributed by atoms with Gasteiger partial charge in [-0.05, 0) is 38.5 Å². The second-order valence-corrected chi connectivity index (χ2v) is 4.64. The zero-order valence-electron chi connectivity index (χ0n) is 9.63. The first-order valence-corrected chi connectivity index (χ1v) is 5.95. The van der Waals surface area contributed by atoms with Crippen molar-refractivity contribution in [3.63, 3.8) is 0 Å². The zero-order chi connectivity index (χ0) is 11.6. The second-order valence-electron chi connectivity index (χ2n) is 4.64. The van der Waals surface area contributed by atoms with Crippen LogP contribution in [0.4, 0.5) is 4.39 Å². The first kappa shape index (κ1) is 11.5. The van der Waals surface area contributed by atoms with Gasteiger partial charge in [0.1, 0.15) is 5.83 Å². The Morgan fingerprint density at radius 1 is 1.50 bits per heavy atom. The van der Waals surface area contributed by atoms with Crippen LogP contribution < -0.4 is 5.32 Å². The van der Waals surface area contributed by atoms with Crippen LogP contribution in [-0.4, -0.2) is 18.4 Å². The summed E-state index contributed by atoms with van der Waals surface area (Å²) >= 11 is 0. The van der Waals surface area contributed by atoms with Crippen molar-refractivity contribution in [1.29, 1.82) is 0 Å². The highest BCUT2D eigenvalue weighted by Crippen LogP contribution is 2.36. The molecule has 0 aromatic heterocycles. The van der Waals surface area contributed by atoms with Crippen LogP contribution in [0.2, 0.25) is 0 Å². The first-order chi connectivity index (χ1) is 7.69. The molecule has 0 aliphatic heterocycles. The maximum absolute atomic E-state index is 12.9. The van der Waals surface area contributed by atoms with Crippen LogP contribution in [0.25, 0.3) is 0 Å². The van der Waals surface area contributed by atoms with E-state index >= 15 is 0 Å². The van der Waals surface area contributed by atoms with Gasteiger partial charge in [-0.3, -0.25) is 4.79 Å². The number of carbonyl (C=O) groups is 1. The molecule has 0 bridgehead atoms. The topological polar surface area (TPSA) is 29.1 Å². The molecule has 2 rings (SSSR count). The van der Waals surface area contributed by atoms with Crippen molar-refractivity contribution < 1.29 is 9.18 Å². The predicted molar refractivity (Wildman–Crippen MR) is 61.7 cm³/mol. The molecule has 0 radical (unpaired) electrons. The van der Waals surface area contributed by atoms with Crippen LogP contribution in [0.5, 0.6) is 0 Å². The summed E-state index contributed by atoms with van der Waals surface area (Å²) in [6.07, 6.45) is 9.10. The van der Waals surface area contributed by atoms with E-state index in [1.807, 2.05) is 13.1 Å². The van der Waals surface area contributed by atoms with Crippen molar-refractivity contribution in [1.82, 2.24) is 5.32 Å². The van der Waals surface area contributed by atoms with Gasteiger partial charge in [0.15, 0.2) is 5.78 Å².